The Morgan fingerprint density at radius 2 is 1.36 bits per heavy atom. The number of piperidine rings is 2. The molecular formula is C23H39N11O2. The lowest BCUT2D eigenvalue weighted by Crippen LogP contribution is -2.32. The van der Waals surface area contributed by atoms with Crippen molar-refractivity contribution in [3.63, 3.8) is 0 Å². The summed E-state index contributed by atoms with van der Waals surface area (Å²) in [7, 11) is 0. The van der Waals surface area contributed by atoms with Gasteiger partial charge in [0.05, 0.1) is 36.6 Å². The third kappa shape index (κ3) is 10.0. The number of aromatic amines is 1. The van der Waals surface area contributed by atoms with Crippen molar-refractivity contribution in [2.75, 3.05) is 50.7 Å². The number of nitrogens with two attached hydrogens (primary N) is 2. The van der Waals surface area contributed by atoms with Crippen LogP contribution >= 0.6 is 0 Å². The van der Waals surface area contributed by atoms with Crippen LogP contribution in [0.2, 0.25) is 0 Å². The average molecular weight is 502 g/mol. The van der Waals surface area contributed by atoms with Crippen LogP contribution in [-0.4, -0.2) is 83.8 Å². The van der Waals surface area contributed by atoms with E-state index in [9.17, 15) is 10.1 Å². The number of likely N-dealkylation sites (tertiary alicyclic amines) is 2. The van der Waals surface area contributed by atoms with Gasteiger partial charge >= 0.3 is 5.82 Å². The largest absolute Gasteiger partial charge is 0.389 e. The molecule has 2 fully saturated rings. The van der Waals surface area contributed by atoms with Crippen molar-refractivity contribution in [1.29, 1.82) is 0 Å². The molecule has 0 amide bonds. The molecule has 0 saturated carbocycles. The molecule has 5 rings (SSSR count). The first-order chi connectivity index (χ1) is 17.5. The van der Waals surface area contributed by atoms with Gasteiger partial charge in [0.25, 0.3) is 0 Å². The molecule has 13 nitrogen and oxygen atoms in total. The molecule has 3 aromatic heterocycles. The Bertz CT molecular complexity index is 990. The lowest BCUT2D eigenvalue weighted by molar-refractivity contribution is -0.389. The van der Waals surface area contributed by atoms with E-state index < -0.39 is 4.92 Å². The first-order valence-electron chi connectivity index (χ1n) is 12.7. The predicted molar refractivity (Wildman–Crippen MR) is 139 cm³/mol. The van der Waals surface area contributed by atoms with Crippen LogP contribution < -0.4 is 11.5 Å². The number of aromatic nitrogens is 6. The number of nitrogens with one attached hydrogen (secondary N) is 1. The SMILES string of the molecule is Nc1ccn(CCN2CCCCC2)n1.Nc1ccn[nH]1.O=[N+]([O-])c1ccn(CCN2CCCCC2)n1. The van der Waals surface area contributed by atoms with Gasteiger partial charge in [-0.05, 0) is 68.9 Å². The van der Waals surface area contributed by atoms with Crippen molar-refractivity contribution in [2.45, 2.75) is 51.6 Å². The normalized spacial score (nSPS) is 16.4. The standard InChI is InChI=1S/C10H16N4O2.C10H18N4.C3H5N3/c15-14(16)10-4-7-13(11-10)9-8-12-5-2-1-3-6-12;11-10-4-7-14(12-10)9-8-13-5-2-1-3-6-13;4-3-1-2-5-6-3/h4,7H,1-3,5-6,8-9H2;4,7H,1-3,5-6,8-9H2,(H2,11,12);1-2H,(H3,4,5,6). The summed E-state index contributed by atoms with van der Waals surface area (Å²) in [5.41, 5.74) is 10.7. The Kier molecular flexibility index (Phi) is 11.2. The highest BCUT2D eigenvalue weighted by Gasteiger charge is 2.13. The van der Waals surface area contributed by atoms with Crippen LogP contribution in [0.1, 0.15) is 38.5 Å². The summed E-state index contributed by atoms with van der Waals surface area (Å²) < 4.78 is 3.57. The van der Waals surface area contributed by atoms with Crippen molar-refractivity contribution in [1.82, 2.24) is 39.6 Å². The second-order valence-corrected chi connectivity index (χ2v) is 9.01. The smallest absolute Gasteiger partial charge is 0.384 e. The Labute approximate surface area is 211 Å². The fraction of sp³-hybridized carbons (Fsp3) is 0.609. The average Bonchev–Trinajstić information content (AvgIpc) is 3.66. The quantitative estimate of drug-likeness (QED) is 0.325. The van der Waals surface area contributed by atoms with E-state index in [1.165, 1.54) is 57.7 Å². The van der Waals surface area contributed by atoms with Crippen molar-refractivity contribution in [3.05, 3.63) is 46.9 Å². The monoisotopic (exact) mass is 501 g/mol. The Balaban J connectivity index is 0.000000165. The van der Waals surface area contributed by atoms with Gasteiger partial charge in [-0.15, -0.1) is 0 Å². The summed E-state index contributed by atoms with van der Waals surface area (Å²) in [5.74, 6) is 1.15. The maximum Gasteiger partial charge on any atom is 0.389 e. The third-order valence-corrected chi connectivity index (χ3v) is 6.19. The Morgan fingerprint density at radius 3 is 1.75 bits per heavy atom. The number of nitro groups is 1. The van der Waals surface area contributed by atoms with Gasteiger partial charge in [0, 0.05) is 19.3 Å². The van der Waals surface area contributed by atoms with Gasteiger partial charge in [-0.3, -0.25) is 9.78 Å². The lowest BCUT2D eigenvalue weighted by Gasteiger charge is -2.26. The van der Waals surface area contributed by atoms with E-state index in [-0.39, 0.29) is 5.82 Å². The number of anilines is 2. The minimum Gasteiger partial charge on any atom is -0.384 e. The zero-order valence-electron chi connectivity index (χ0n) is 20.9. The molecule has 0 bridgehead atoms. The summed E-state index contributed by atoms with van der Waals surface area (Å²) in [6.45, 7) is 8.49. The fourth-order valence-corrected chi connectivity index (χ4v) is 4.20. The molecule has 2 aliphatic heterocycles. The molecule has 0 radical (unpaired) electrons. The highest BCUT2D eigenvalue weighted by atomic mass is 16.6. The molecule has 36 heavy (non-hydrogen) atoms. The van der Waals surface area contributed by atoms with Crippen LogP contribution in [0.4, 0.5) is 17.5 Å². The van der Waals surface area contributed by atoms with Gasteiger partial charge < -0.3 is 31.4 Å². The van der Waals surface area contributed by atoms with Gasteiger partial charge in [0.15, 0.2) is 0 Å². The summed E-state index contributed by atoms with van der Waals surface area (Å²) in [4.78, 5) is 14.9. The van der Waals surface area contributed by atoms with Crippen LogP contribution in [0.5, 0.6) is 0 Å². The Hall–Kier alpha value is -3.45. The summed E-state index contributed by atoms with van der Waals surface area (Å²) >= 11 is 0. The number of hydrogen-bond acceptors (Lipinski definition) is 9. The topological polar surface area (TPSA) is 166 Å². The van der Waals surface area contributed by atoms with Gasteiger partial charge in [-0.25, -0.2) is 0 Å². The maximum absolute atomic E-state index is 10.4. The van der Waals surface area contributed by atoms with Crippen LogP contribution in [0.3, 0.4) is 0 Å². The molecule has 3 aromatic rings. The van der Waals surface area contributed by atoms with Crippen molar-refractivity contribution in [3.8, 4) is 0 Å². The van der Waals surface area contributed by atoms with Gasteiger partial charge in [-0.1, -0.05) is 12.8 Å². The van der Waals surface area contributed by atoms with Crippen LogP contribution in [-0.2, 0) is 13.1 Å². The first kappa shape index (κ1) is 27.1. The van der Waals surface area contributed by atoms with E-state index in [2.05, 4.69) is 30.2 Å². The van der Waals surface area contributed by atoms with Crippen molar-refractivity contribution >= 4 is 17.5 Å². The van der Waals surface area contributed by atoms with E-state index in [0.717, 1.165) is 39.3 Å². The molecule has 0 spiro atoms. The van der Waals surface area contributed by atoms with Gasteiger partial charge in [-0.2, -0.15) is 14.9 Å². The zero-order chi connectivity index (χ0) is 25.6. The number of rotatable bonds is 7. The molecule has 0 atom stereocenters. The van der Waals surface area contributed by atoms with Crippen LogP contribution in [0.15, 0.2) is 36.8 Å². The van der Waals surface area contributed by atoms with Gasteiger partial charge in [0.1, 0.15) is 11.6 Å². The van der Waals surface area contributed by atoms with E-state index in [1.54, 1.807) is 23.1 Å². The molecular weight excluding hydrogens is 462 g/mol. The first-order valence-corrected chi connectivity index (χ1v) is 12.7. The second kappa shape index (κ2) is 14.8. The van der Waals surface area contributed by atoms with Crippen LogP contribution in [0.25, 0.3) is 0 Å². The van der Waals surface area contributed by atoms with Crippen molar-refractivity contribution in [2.24, 2.45) is 0 Å². The molecule has 13 heteroatoms. The molecule has 2 aliphatic rings. The minimum atomic E-state index is -0.461. The predicted octanol–water partition coefficient (Wildman–Crippen LogP) is 2.22. The summed E-state index contributed by atoms with van der Waals surface area (Å²) in [5, 5.41) is 24.6. The fourth-order valence-electron chi connectivity index (χ4n) is 4.20. The highest BCUT2D eigenvalue weighted by molar-refractivity contribution is 5.23. The molecule has 5 N–H and O–H groups in total. The zero-order valence-corrected chi connectivity index (χ0v) is 20.9. The molecule has 0 aliphatic carbocycles. The van der Waals surface area contributed by atoms with E-state index >= 15 is 0 Å². The number of hydrogen-bond donors (Lipinski definition) is 3. The van der Waals surface area contributed by atoms with E-state index in [4.69, 9.17) is 11.5 Å². The summed E-state index contributed by atoms with van der Waals surface area (Å²) in [6.07, 6.45) is 13.2. The number of nitrogen functional groups attached to an aromatic ring is 2. The maximum atomic E-state index is 10.4. The lowest BCUT2D eigenvalue weighted by atomic mass is 10.1. The van der Waals surface area contributed by atoms with Gasteiger partial charge in [0.2, 0.25) is 0 Å². The molecule has 0 aromatic carbocycles. The molecule has 2 saturated heterocycles. The van der Waals surface area contributed by atoms with E-state index in [1.807, 2.05) is 16.9 Å². The van der Waals surface area contributed by atoms with Crippen molar-refractivity contribution < 1.29 is 4.92 Å². The number of H-pyrrole nitrogens is 1. The van der Waals surface area contributed by atoms with Crippen LogP contribution in [0, 0.1) is 10.1 Å². The third-order valence-electron chi connectivity index (χ3n) is 6.19. The minimum absolute atomic E-state index is 0.0707. The highest BCUT2D eigenvalue weighted by Crippen LogP contribution is 2.10. The Morgan fingerprint density at radius 1 is 0.806 bits per heavy atom. The molecule has 198 valence electrons. The summed E-state index contributed by atoms with van der Waals surface area (Å²) in [6, 6.07) is 4.98. The molecule has 0 unspecified atom stereocenters. The van der Waals surface area contributed by atoms with E-state index in [0.29, 0.717) is 11.6 Å². The molecule has 5 heterocycles. The number of nitrogens with zero attached hydrogens (tertiary/aromatic N) is 8. The second-order valence-electron chi connectivity index (χ2n) is 9.01.